The van der Waals surface area contributed by atoms with Crippen LogP contribution >= 0.6 is 11.6 Å². The van der Waals surface area contributed by atoms with Crippen molar-refractivity contribution in [3.05, 3.63) is 17.0 Å². The number of hydrogen-bond acceptors (Lipinski definition) is 3. The Hall–Kier alpha value is -1.04. The van der Waals surface area contributed by atoms with Gasteiger partial charge < -0.3 is 4.90 Å². The van der Waals surface area contributed by atoms with Crippen molar-refractivity contribution >= 4 is 17.4 Å². The van der Waals surface area contributed by atoms with Gasteiger partial charge in [0.15, 0.2) is 0 Å². The molecule has 1 aromatic heterocycles. The first-order valence-electron chi connectivity index (χ1n) is 6.93. The highest BCUT2D eigenvalue weighted by Crippen LogP contribution is 2.38. The second-order valence-corrected chi connectivity index (χ2v) is 6.76. The first-order valence-corrected chi connectivity index (χ1v) is 7.31. The van der Waals surface area contributed by atoms with E-state index in [2.05, 4.69) is 23.8 Å². The molecule has 0 unspecified atom stereocenters. The molecule has 21 heavy (non-hydrogen) atoms. The molecule has 0 amide bonds. The molecule has 2 rings (SSSR count). The monoisotopic (exact) mass is 321 g/mol. The number of rotatable bonds is 2. The minimum absolute atomic E-state index is 0.185. The summed E-state index contributed by atoms with van der Waals surface area (Å²) in [6.45, 7) is 4.43. The van der Waals surface area contributed by atoms with Crippen LogP contribution in [-0.4, -0.2) is 23.1 Å². The lowest BCUT2D eigenvalue weighted by atomic mass is 9.75. The van der Waals surface area contributed by atoms with Crippen molar-refractivity contribution in [1.29, 1.82) is 0 Å². The van der Waals surface area contributed by atoms with Crippen molar-refractivity contribution in [2.45, 2.75) is 51.7 Å². The Morgan fingerprint density at radius 3 is 2.33 bits per heavy atom. The van der Waals surface area contributed by atoms with Crippen LogP contribution in [0.25, 0.3) is 0 Å². The van der Waals surface area contributed by atoms with E-state index in [1.807, 2.05) is 0 Å². The Labute approximate surface area is 127 Å². The van der Waals surface area contributed by atoms with Gasteiger partial charge in [-0.2, -0.15) is 13.2 Å². The topological polar surface area (TPSA) is 29.0 Å². The lowest BCUT2D eigenvalue weighted by molar-refractivity contribution is -0.144. The molecular formula is C14H19ClF3N3. The molecule has 0 spiro atoms. The number of nitrogens with zero attached hydrogens (tertiary/aromatic N) is 3. The molecule has 0 aromatic carbocycles. The fraction of sp³-hybridized carbons (Fsp3) is 0.714. The minimum Gasteiger partial charge on any atom is -0.357 e. The smallest absolute Gasteiger partial charge is 0.357 e. The number of hydrogen-bond donors (Lipinski definition) is 0. The average molecular weight is 322 g/mol. The molecular weight excluding hydrogens is 303 g/mol. The van der Waals surface area contributed by atoms with Crippen molar-refractivity contribution in [2.24, 2.45) is 5.41 Å². The van der Waals surface area contributed by atoms with E-state index >= 15 is 0 Å². The van der Waals surface area contributed by atoms with Crippen LogP contribution in [-0.2, 0) is 6.18 Å². The van der Waals surface area contributed by atoms with Gasteiger partial charge in [-0.05, 0) is 31.1 Å². The summed E-state index contributed by atoms with van der Waals surface area (Å²) in [5.74, 6) is -0.958. The molecule has 118 valence electrons. The first kappa shape index (κ1) is 16.3. The predicted molar refractivity (Wildman–Crippen MR) is 76.5 cm³/mol. The van der Waals surface area contributed by atoms with Crippen LogP contribution in [0.15, 0.2) is 6.07 Å². The minimum atomic E-state index is -4.59. The standard InChI is InChI=1S/C14H19ClF3N3/c1-13(2)6-4-9(5-7-13)21(3)11-8-10(15)19-12(20-11)14(16,17)18/h8-9H,4-7H2,1-3H3. The van der Waals surface area contributed by atoms with Crippen molar-refractivity contribution in [3.8, 4) is 0 Å². The normalized spacial score (nSPS) is 19.6. The van der Waals surface area contributed by atoms with Crippen LogP contribution in [0.2, 0.25) is 5.15 Å². The van der Waals surface area contributed by atoms with E-state index in [-0.39, 0.29) is 17.0 Å². The highest BCUT2D eigenvalue weighted by atomic mass is 35.5. The maximum atomic E-state index is 12.8. The van der Waals surface area contributed by atoms with Crippen LogP contribution in [0.3, 0.4) is 0 Å². The van der Waals surface area contributed by atoms with E-state index in [0.29, 0.717) is 5.41 Å². The fourth-order valence-electron chi connectivity index (χ4n) is 2.67. The van der Waals surface area contributed by atoms with E-state index in [9.17, 15) is 13.2 Å². The molecule has 1 heterocycles. The third kappa shape index (κ3) is 3.99. The zero-order valence-electron chi connectivity index (χ0n) is 12.3. The summed E-state index contributed by atoms with van der Waals surface area (Å²) < 4.78 is 38.3. The molecule has 1 saturated carbocycles. The van der Waals surface area contributed by atoms with Gasteiger partial charge in [-0.15, -0.1) is 0 Å². The van der Waals surface area contributed by atoms with Crippen molar-refractivity contribution in [1.82, 2.24) is 9.97 Å². The maximum Gasteiger partial charge on any atom is 0.451 e. The van der Waals surface area contributed by atoms with Crippen molar-refractivity contribution in [2.75, 3.05) is 11.9 Å². The van der Waals surface area contributed by atoms with Crippen LogP contribution in [0.5, 0.6) is 0 Å². The third-order valence-electron chi connectivity index (χ3n) is 4.15. The van der Waals surface area contributed by atoms with Crippen LogP contribution in [0.4, 0.5) is 19.0 Å². The molecule has 0 atom stereocenters. The molecule has 1 fully saturated rings. The van der Waals surface area contributed by atoms with Gasteiger partial charge in [0, 0.05) is 19.2 Å². The Morgan fingerprint density at radius 1 is 1.24 bits per heavy atom. The average Bonchev–Trinajstić information content (AvgIpc) is 2.36. The van der Waals surface area contributed by atoms with Gasteiger partial charge in [-0.1, -0.05) is 25.4 Å². The quantitative estimate of drug-likeness (QED) is 0.748. The molecule has 0 N–H and O–H groups in total. The number of halogens is 4. The molecule has 1 aliphatic carbocycles. The van der Waals surface area contributed by atoms with Crippen LogP contribution in [0.1, 0.15) is 45.4 Å². The highest BCUT2D eigenvalue weighted by Gasteiger charge is 2.36. The van der Waals surface area contributed by atoms with Gasteiger partial charge in [-0.3, -0.25) is 0 Å². The van der Waals surface area contributed by atoms with Crippen molar-refractivity contribution < 1.29 is 13.2 Å². The van der Waals surface area contributed by atoms with E-state index in [0.717, 1.165) is 25.7 Å². The van der Waals surface area contributed by atoms with Gasteiger partial charge in [0.1, 0.15) is 11.0 Å². The van der Waals surface area contributed by atoms with Gasteiger partial charge in [0.05, 0.1) is 0 Å². The van der Waals surface area contributed by atoms with Gasteiger partial charge >= 0.3 is 6.18 Å². The molecule has 1 aromatic rings. The molecule has 0 bridgehead atoms. The van der Waals surface area contributed by atoms with E-state index in [1.54, 1.807) is 11.9 Å². The Balaban J connectivity index is 2.20. The van der Waals surface area contributed by atoms with Crippen molar-refractivity contribution in [3.63, 3.8) is 0 Å². The van der Waals surface area contributed by atoms with E-state index < -0.39 is 12.0 Å². The summed E-state index contributed by atoms with van der Waals surface area (Å²) in [7, 11) is 1.77. The van der Waals surface area contributed by atoms with Gasteiger partial charge in [0.25, 0.3) is 0 Å². The molecule has 3 nitrogen and oxygen atoms in total. The van der Waals surface area contributed by atoms with Crippen LogP contribution < -0.4 is 4.90 Å². The summed E-state index contributed by atoms with van der Waals surface area (Å²) in [6, 6.07) is 1.57. The fourth-order valence-corrected chi connectivity index (χ4v) is 2.85. The predicted octanol–water partition coefficient (Wildman–Crippen LogP) is 4.55. The van der Waals surface area contributed by atoms with Gasteiger partial charge in [-0.25, -0.2) is 9.97 Å². The second kappa shape index (κ2) is 5.63. The zero-order chi connectivity index (χ0) is 15.8. The first-order chi connectivity index (χ1) is 9.58. The molecule has 0 aliphatic heterocycles. The SMILES string of the molecule is CN(c1cc(Cl)nc(C(F)(F)F)n1)C1CCC(C)(C)CC1. The van der Waals surface area contributed by atoms with Gasteiger partial charge in [0.2, 0.25) is 5.82 Å². The molecule has 7 heteroatoms. The Bertz CT molecular complexity index is 507. The number of alkyl halides is 3. The maximum absolute atomic E-state index is 12.8. The third-order valence-corrected chi connectivity index (χ3v) is 4.35. The highest BCUT2D eigenvalue weighted by molar-refractivity contribution is 6.29. The largest absolute Gasteiger partial charge is 0.451 e. The second-order valence-electron chi connectivity index (χ2n) is 6.38. The summed E-state index contributed by atoms with van der Waals surface area (Å²) in [6.07, 6.45) is -0.617. The van der Waals surface area contributed by atoms with E-state index in [4.69, 9.17) is 11.6 Å². The Kier molecular flexibility index (Phi) is 4.38. The Morgan fingerprint density at radius 2 is 1.81 bits per heavy atom. The number of anilines is 1. The summed E-state index contributed by atoms with van der Waals surface area (Å²) >= 11 is 5.71. The summed E-state index contributed by atoms with van der Waals surface area (Å²) in [5, 5.41) is -0.185. The number of aromatic nitrogens is 2. The van der Waals surface area contributed by atoms with Crippen LogP contribution in [0, 0.1) is 5.41 Å². The molecule has 1 aliphatic rings. The van der Waals surface area contributed by atoms with E-state index in [1.165, 1.54) is 6.07 Å². The molecule has 0 radical (unpaired) electrons. The lowest BCUT2D eigenvalue weighted by Crippen LogP contribution is -2.38. The summed E-state index contributed by atoms with van der Waals surface area (Å²) in [5.41, 5.74) is 0.303. The molecule has 0 saturated heterocycles. The summed E-state index contributed by atoms with van der Waals surface area (Å²) in [4.78, 5) is 8.67. The lowest BCUT2D eigenvalue weighted by Gasteiger charge is -2.39. The zero-order valence-corrected chi connectivity index (χ0v) is 13.1.